The molecule has 0 aromatic carbocycles. The van der Waals surface area contributed by atoms with E-state index in [-0.39, 0.29) is 24.3 Å². The van der Waals surface area contributed by atoms with Crippen LogP contribution in [0.2, 0.25) is 5.02 Å². The third-order valence-electron chi connectivity index (χ3n) is 24.0. The minimum Gasteiger partial charge on any atom is -0.341 e. The molecule has 5 aliphatic carbocycles. The van der Waals surface area contributed by atoms with Gasteiger partial charge >= 0.3 is 0 Å². The maximum atomic E-state index is 14.1. The molecular weight excluding hydrogens is 1720 g/mol. The van der Waals surface area contributed by atoms with E-state index in [0.717, 1.165) is 200 Å². The zero-order valence-corrected chi connectivity index (χ0v) is 76.0. The summed E-state index contributed by atoms with van der Waals surface area (Å²) in [5.74, 6) is 12.2. The number of hydrogen-bond acceptors (Lipinski definition) is 31. The van der Waals surface area contributed by atoms with Crippen molar-refractivity contribution in [2.75, 3.05) is 121 Å². The summed E-state index contributed by atoms with van der Waals surface area (Å²) in [5, 5.41) is 58.5. The van der Waals surface area contributed by atoms with Crippen molar-refractivity contribution in [1.29, 1.82) is 0 Å². The fraction of sp³-hybridized carbons (Fsp3) is 0.494. The Hall–Kier alpha value is -10.8. The number of H-pyrrole nitrogens is 5. The first-order valence-electron chi connectivity index (χ1n) is 44.3. The first-order chi connectivity index (χ1) is 61.7. The van der Waals surface area contributed by atoms with Crippen LogP contribution in [0.5, 0.6) is 0 Å². The van der Waals surface area contributed by atoms with Crippen LogP contribution in [0, 0.1) is 5.82 Å². The van der Waals surface area contributed by atoms with Crippen molar-refractivity contribution >= 4 is 130 Å². The highest BCUT2D eigenvalue weighted by Gasteiger charge is 2.33. The molecule has 0 atom stereocenters. The van der Waals surface area contributed by atoms with Gasteiger partial charge in [-0.25, -0.2) is 66.0 Å². The van der Waals surface area contributed by atoms with Crippen LogP contribution in [0.3, 0.4) is 0 Å². The second kappa shape index (κ2) is 39.8. The van der Waals surface area contributed by atoms with E-state index >= 15 is 0 Å². The van der Waals surface area contributed by atoms with Crippen molar-refractivity contribution < 1.29 is 25.5 Å². The number of nitrogens with two attached hydrogens (primary N) is 1. The lowest BCUT2D eigenvalue weighted by Gasteiger charge is -2.40. The molecule has 13 N–H and O–H groups in total. The van der Waals surface area contributed by atoms with Crippen molar-refractivity contribution in [3.63, 3.8) is 0 Å². The predicted octanol–water partition coefficient (Wildman–Crippen LogP) is 15.5. The van der Waals surface area contributed by atoms with Crippen molar-refractivity contribution in [2.24, 2.45) is 5.14 Å². The zero-order valence-electron chi connectivity index (χ0n) is 72.0. The zero-order chi connectivity index (χ0) is 87.7. The number of likely N-dealkylation sites (N-methyl/N-ethyl adjacent to an activating group) is 1. The Morgan fingerprint density at radius 1 is 0.433 bits per heavy atom. The molecule has 0 radical (unpaired) electrons. The Kier molecular flexibility index (Phi) is 27.7. The lowest BCUT2D eigenvalue weighted by Crippen LogP contribution is -2.47. The van der Waals surface area contributed by atoms with Crippen LogP contribution < -0.4 is 51.1 Å². The van der Waals surface area contributed by atoms with Crippen LogP contribution in [-0.2, 0) is 39.3 Å². The minimum absolute atomic E-state index is 0. The number of halogens is 2. The summed E-state index contributed by atoms with van der Waals surface area (Å²) in [6.07, 6.45) is 33.6. The number of thiophene rings is 2. The molecule has 0 amide bonds. The predicted molar refractivity (Wildman–Crippen MR) is 500 cm³/mol. The molecule has 12 aromatic heterocycles. The Morgan fingerprint density at radius 2 is 0.787 bits per heavy atom. The van der Waals surface area contributed by atoms with Gasteiger partial charge in [0.05, 0.1) is 22.1 Å². The third kappa shape index (κ3) is 23.0. The van der Waals surface area contributed by atoms with E-state index in [4.69, 9.17) is 31.7 Å². The van der Waals surface area contributed by atoms with Crippen LogP contribution in [-0.4, -0.2) is 213 Å². The number of sulfonamides is 2. The monoisotopic (exact) mass is 1830 g/mol. The molecule has 12 aromatic rings. The van der Waals surface area contributed by atoms with Crippen LogP contribution in [0.15, 0.2) is 94.0 Å². The standard InChI is InChI=1S/C22H33N7.C17H25N7.C17H24N6.C15H15FN6O2S2.C14H13ClN6O2S2.3H2/c1-2-16-15-23-22(25-21(16)24-20-14-19(26-27-20)17-6-7-17)29-12-8-18(9-13-29)28-10-4-3-5-11-28;1-3-12-11-18-17(24-8-6-23(2)7-9-24)20-16(12)19-15-10-14(21-22-15)13-4-5-13;1-2-12-11-18-17(23-8-4-3-5-9-23)20-16(12)19-15-10-14(21-22-15)13-6-7-13;1-17-26(23,24)13-5-4-11(25-13)15-18-7-9(16)14(20-15)19-12-6-10(21-22-12)8-2-3-8;15-8-6-17-14(10-3-4-12(24-10)25(16,22)23)19-13(8)18-11-5-9(20-21-11)7-1-2-7;;;/h14-15,17-18H,2-13H2,1H3,(H2,23,24,25,26,27);10-11,13H,3-9H2,1-2H3,(H2,18,19,20,21,22);10-11,13H,2-9H2,1H3,(H2,18,19,20,21,22);4-8,17H,2-3H2,1H3,(H2,18,19,20,21,22);3-7H,1-2H2,(H2,16,22,23)(H2,17,18,19,20,21);3*1H. The van der Waals surface area contributed by atoms with Crippen LogP contribution in [0.25, 0.3) is 21.4 Å². The molecule has 678 valence electrons. The first kappa shape index (κ1) is 88.2. The van der Waals surface area contributed by atoms with Crippen LogP contribution in [0.1, 0.15) is 215 Å². The molecule has 9 aliphatic rings. The van der Waals surface area contributed by atoms with E-state index < -0.39 is 25.9 Å². The number of aromatic nitrogens is 20. The number of rotatable bonds is 27. The summed E-state index contributed by atoms with van der Waals surface area (Å²) in [4.78, 5) is 58.0. The number of primary sulfonamides is 1. The number of likely N-dealkylation sites (tertiary alicyclic amines) is 1. The maximum absolute atomic E-state index is 14.1. The lowest BCUT2D eigenvalue weighted by atomic mass is 10.00. The van der Waals surface area contributed by atoms with Gasteiger partial charge in [-0.05, 0) is 180 Å². The summed E-state index contributed by atoms with van der Waals surface area (Å²) in [6, 6.07) is 16.9. The second-order valence-corrected chi connectivity index (χ2v) is 40.1. The number of aromatic amines is 5. The average molecular weight is 1830 g/mol. The fourth-order valence-corrected chi connectivity index (χ4v) is 19.5. The molecular formula is C85H116ClFN32O4S4. The quantitative estimate of drug-likeness (QED) is 0.0227. The number of hydrogen-bond donors (Lipinski definition) is 12. The number of piperidine rings is 3. The third-order valence-corrected chi connectivity index (χ3v) is 29.8. The van der Waals surface area contributed by atoms with Crippen LogP contribution in [0.4, 0.5) is 80.4 Å². The van der Waals surface area contributed by atoms with E-state index in [1.165, 1.54) is 158 Å². The fourth-order valence-electron chi connectivity index (χ4n) is 15.6. The number of anilines is 13. The molecule has 0 unspecified atom stereocenters. The van der Waals surface area contributed by atoms with Crippen molar-refractivity contribution in [3.05, 3.63) is 142 Å². The van der Waals surface area contributed by atoms with Gasteiger partial charge in [0.2, 0.25) is 37.9 Å². The van der Waals surface area contributed by atoms with E-state index in [1.807, 2.05) is 30.7 Å². The van der Waals surface area contributed by atoms with Gasteiger partial charge in [-0.3, -0.25) is 25.5 Å². The van der Waals surface area contributed by atoms with Gasteiger partial charge in [-0.2, -0.15) is 40.4 Å². The molecule has 0 spiro atoms. The second-order valence-electron chi connectivity index (χ2n) is 33.7. The number of aryl methyl sites for hydroxylation is 3. The summed E-state index contributed by atoms with van der Waals surface area (Å²) in [7, 11) is -3.80. The van der Waals surface area contributed by atoms with E-state index in [0.29, 0.717) is 67.6 Å². The molecule has 0 bridgehead atoms. The summed E-state index contributed by atoms with van der Waals surface area (Å²) in [6.45, 7) is 17.2. The Labute approximate surface area is 755 Å². The van der Waals surface area contributed by atoms with E-state index in [1.54, 1.807) is 12.1 Å². The Balaban J connectivity index is 0.000000131. The molecule has 16 heterocycles. The molecule has 4 saturated heterocycles. The maximum Gasteiger partial charge on any atom is 0.249 e. The Morgan fingerprint density at radius 3 is 1.17 bits per heavy atom. The van der Waals surface area contributed by atoms with E-state index in [9.17, 15) is 21.2 Å². The largest absolute Gasteiger partial charge is 0.341 e. The van der Waals surface area contributed by atoms with Crippen LogP contribution >= 0.6 is 34.3 Å². The number of piperazine rings is 1. The van der Waals surface area contributed by atoms with Gasteiger partial charge in [0.15, 0.2) is 58.2 Å². The average Bonchev–Trinajstić information content (AvgIpc) is 1.67. The normalized spacial score (nSPS) is 17.6. The van der Waals surface area contributed by atoms with Gasteiger partial charge in [0.1, 0.15) is 30.9 Å². The van der Waals surface area contributed by atoms with Gasteiger partial charge in [-0.15, -0.1) is 22.7 Å². The molecule has 5 saturated carbocycles. The summed E-state index contributed by atoms with van der Waals surface area (Å²) in [5.41, 5.74) is 9.17. The first-order valence-corrected chi connectivity index (χ1v) is 49.3. The molecule has 9 fully saturated rings. The molecule has 21 rings (SSSR count). The summed E-state index contributed by atoms with van der Waals surface area (Å²) >= 11 is 8.16. The van der Waals surface area contributed by atoms with Crippen molar-refractivity contribution in [3.8, 4) is 21.4 Å². The molecule has 4 aliphatic heterocycles. The van der Waals surface area contributed by atoms with Gasteiger partial charge < -0.3 is 51.1 Å². The smallest absolute Gasteiger partial charge is 0.249 e. The lowest BCUT2D eigenvalue weighted by molar-refractivity contribution is 0.141. The number of nitrogens with zero attached hydrogens (tertiary/aromatic N) is 20. The number of nitrogens with one attached hydrogen (secondary N) is 11. The van der Waals surface area contributed by atoms with Gasteiger partial charge in [0.25, 0.3) is 0 Å². The minimum atomic E-state index is -3.75. The van der Waals surface area contributed by atoms with E-state index in [2.05, 4.69) is 188 Å². The molecule has 127 heavy (non-hydrogen) atoms. The SMILES string of the molecule is CCc1cnc(N2CCC(N3CCCCC3)CC2)nc1Nc1cc(C2CC2)[nH]n1.CCc1cnc(N2CCCCC2)nc1Nc1cc(C2CC2)[nH]n1.CCc1cnc(N2CCN(C)CC2)nc1Nc1cc(C2CC2)[nH]n1.CNS(=O)(=O)c1ccc(-c2ncc(F)c(Nc3cc(C4CC4)[nH]n3)n2)s1.NS(=O)(=O)c1ccc(-c2ncc(Cl)c(Nc3cc(C4CC4)[nH]n3)n2)s1.[HH].[HH].[HH]. The topological polar surface area (TPSA) is 455 Å². The highest BCUT2D eigenvalue weighted by Crippen LogP contribution is 2.45. The highest BCUT2D eigenvalue weighted by molar-refractivity contribution is 7.91. The van der Waals surface area contributed by atoms with Crippen molar-refractivity contribution in [1.82, 2.24) is 115 Å². The molecule has 36 nitrogen and oxygen atoms in total. The van der Waals surface area contributed by atoms with Crippen molar-refractivity contribution in [2.45, 2.75) is 200 Å². The Bertz CT molecular complexity index is 5970. The van der Waals surface area contributed by atoms with Gasteiger partial charge in [0, 0.05) is 186 Å². The molecule has 42 heteroatoms. The van der Waals surface area contributed by atoms with Gasteiger partial charge in [-0.1, -0.05) is 38.8 Å². The summed E-state index contributed by atoms with van der Waals surface area (Å²) < 4.78 is 63.0. The highest BCUT2D eigenvalue weighted by atomic mass is 35.5.